The van der Waals surface area contributed by atoms with Crippen LogP contribution in [0.1, 0.15) is 16.2 Å². The average molecular weight is 274 g/mol. The van der Waals surface area contributed by atoms with Gasteiger partial charge in [0.15, 0.2) is 5.01 Å². The molecule has 2 aromatic rings. The molecule has 1 amide bonds. The van der Waals surface area contributed by atoms with E-state index in [-0.39, 0.29) is 18.0 Å². The first-order valence-corrected chi connectivity index (χ1v) is 6.91. The van der Waals surface area contributed by atoms with Crippen LogP contribution in [0.4, 0.5) is 0 Å². The maximum absolute atomic E-state index is 12.4. The number of hydrogen-bond donors (Lipinski definition) is 0. The van der Waals surface area contributed by atoms with Crippen LogP contribution in [-0.4, -0.2) is 40.5 Å². The third-order valence-corrected chi connectivity index (χ3v) is 4.58. The molecule has 6 heteroatoms. The van der Waals surface area contributed by atoms with Gasteiger partial charge in [0.05, 0.1) is 16.8 Å². The summed E-state index contributed by atoms with van der Waals surface area (Å²) in [5.41, 5.74) is 0.822. The summed E-state index contributed by atoms with van der Waals surface area (Å²) in [5.74, 6) is -0.448. The van der Waals surface area contributed by atoms with Crippen LogP contribution in [0.25, 0.3) is 10.2 Å². The molecule has 2 bridgehead atoms. The summed E-state index contributed by atoms with van der Waals surface area (Å²) < 4.78 is 6.07. The summed E-state index contributed by atoms with van der Waals surface area (Å²) >= 11 is 1.37. The molecule has 2 unspecified atom stereocenters. The van der Waals surface area contributed by atoms with Crippen molar-refractivity contribution in [3.05, 3.63) is 29.3 Å². The van der Waals surface area contributed by atoms with Gasteiger partial charge in [-0.1, -0.05) is 12.1 Å². The number of likely N-dealkylation sites (tertiary alicyclic amines) is 1. The fourth-order valence-corrected chi connectivity index (χ4v) is 3.58. The van der Waals surface area contributed by atoms with E-state index in [2.05, 4.69) is 4.98 Å². The van der Waals surface area contributed by atoms with E-state index >= 15 is 0 Å². The minimum atomic E-state index is -0.412. The molecule has 2 fully saturated rings. The first-order valence-electron chi connectivity index (χ1n) is 6.09. The van der Waals surface area contributed by atoms with Crippen molar-refractivity contribution in [2.45, 2.75) is 18.6 Å². The average Bonchev–Trinajstić information content (AvgIpc) is 3.09. The van der Waals surface area contributed by atoms with Crippen molar-refractivity contribution in [1.82, 2.24) is 9.88 Å². The number of rotatable bonds is 1. The fraction of sp³-hybridized carbons (Fsp3) is 0.308. The lowest BCUT2D eigenvalue weighted by molar-refractivity contribution is -0.149. The quantitative estimate of drug-likeness (QED) is 0.738. The molecule has 2 aliphatic rings. The van der Waals surface area contributed by atoms with Crippen molar-refractivity contribution in [2.24, 2.45) is 0 Å². The summed E-state index contributed by atoms with van der Waals surface area (Å²) in [7, 11) is 0. The van der Waals surface area contributed by atoms with Crippen LogP contribution in [0.15, 0.2) is 24.3 Å². The predicted molar refractivity (Wildman–Crippen MR) is 68.9 cm³/mol. The Morgan fingerprint density at radius 1 is 1.42 bits per heavy atom. The van der Waals surface area contributed by atoms with Crippen LogP contribution in [0.5, 0.6) is 0 Å². The lowest BCUT2D eigenvalue weighted by Gasteiger charge is -2.24. The van der Waals surface area contributed by atoms with E-state index in [0.29, 0.717) is 18.0 Å². The molecule has 0 spiro atoms. The van der Waals surface area contributed by atoms with Crippen LogP contribution in [0.2, 0.25) is 0 Å². The molecule has 0 saturated carbocycles. The molecule has 3 heterocycles. The first-order chi connectivity index (χ1) is 9.22. The third kappa shape index (κ3) is 1.56. The Labute approximate surface area is 112 Å². The Morgan fingerprint density at radius 2 is 2.26 bits per heavy atom. The zero-order chi connectivity index (χ0) is 13.0. The molecule has 2 saturated heterocycles. The van der Waals surface area contributed by atoms with Crippen LogP contribution in [0, 0.1) is 0 Å². The monoisotopic (exact) mass is 274 g/mol. The number of para-hydroxylation sites is 1. The number of amides is 1. The number of ether oxygens (including phenoxy) is 1. The number of morpholine rings is 1. The molecule has 1 aromatic carbocycles. The van der Waals surface area contributed by atoms with E-state index in [0.717, 1.165) is 10.2 Å². The summed E-state index contributed by atoms with van der Waals surface area (Å²) in [5, 5.41) is 0.446. The van der Waals surface area contributed by atoms with Gasteiger partial charge in [0.1, 0.15) is 12.1 Å². The molecule has 0 radical (unpaired) electrons. The number of nitrogens with zero attached hydrogens (tertiary/aromatic N) is 2. The number of carbonyl (C=O) groups excluding carboxylic acids is 2. The molecule has 2 aliphatic heterocycles. The van der Waals surface area contributed by atoms with Gasteiger partial charge < -0.3 is 9.64 Å². The highest BCUT2D eigenvalue weighted by Crippen LogP contribution is 2.31. The molecule has 0 N–H and O–H groups in total. The smallest absolute Gasteiger partial charge is 0.329 e. The minimum absolute atomic E-state index is 0.129. The highest BCUT2D eigenvalue weighted by molar-refractivity contribution is 7.20. The van der Waals surface area contributed by atoms with E-state index in [1.165, 1.54) is 11.3 Å². The Balaban J connectivity index is 1.69. The molecular weight excluding hydrogens is 264 g/mol. The Morgan fingerprint density at radius 3 is 3.00 bits per heavy atom. The molecule has 2 atom stereocenters. The van der Waals surface area contributed by atoms with Crippen molar-refractivity contribution < 1.29 is 14.3 Å². The maximum Gasteiger partial charge on any atom is 0.329 e. The third-order valence-electron chi connectivity index (χ3n) is 3.56. The number of carbonyl (C=O) groups is 2. The van der Waals surface area contributed by atoms with Gasteiger partial charge in [-0.2, -0.15) is 0 Å². The van der Waals surface area contributed by atoms with Gasteiger partial charge in [-0.05, 0) is 12.1 Å². The van der Waals surface area contributed by atoms with Crippen molar-refractivity contribution >= 4 is 33.4 Å². The normalized spacial score (nSPS) is 25.1. The fourth-order valence-electron chi connectivity index (χ4n) is 2.66. The van der Waals surface area contributed by atoms with E-state index in [4.69, 9.17) is 4.74 Å². The van der Waals surface area contributed by atoms with E-state index < -0.39 is 6.04 Å². The van der Waals surface area contributed by atoms with Crippen molar-refractivity contribution in [3.8, 4) is 0 Å². The van der Waals surface area contributed by atoms with Crippen molar-refractivity contribution in [1.29, 1.82) is 0 Å². The Kier molecular flexibility index (Phi) is 2.17. The van der Waals surface area contributed by atoms with Gasteiger partial charge in [0.25, 0.3) is 5.91 Å². The van der Waals surface area contributed by atoms with Gasteiger partial charge >= 0.3 is 5.97 Å². The van der Waals surface area contributed by atoms with Gasteiger partial charge in [-0.15, -0.1) is 11.3 Å². The lowest BCUT2D eigenvalue weighted by atomic mass is 10.2. The SMILES string of the molecule is O=C1OC2CC1N(C(=O)c1nc3ccccc3s1)C2. The molecule has 0 aliphatic carbocycles. The number of esters is 1. The molecule has 1 aromatic heterocycles. The minimum Gasteiger partial charge on any atom is -0.459 e. The lowest BCUT2D eigenvalue weighted by Crippen LogP contribution is -2.44. The number of fused-ring (bicyclic) bond motifs is 3. The molecule has 4 rings (SSSR count). The topological polar surface area (TPSA) is 59.5 Å². The van der Waals surface area contributed by atoms with Crippen LogP contribution in [0.3, 0.4) is 0 Å². The molecule has 5 nitrogen and oxygen atoms in total. The number of aromatic nitrogens is 1. The van der Waals surface area contributed by atoms with Crippen LogP contribution >= 0.6 is 11.3 Å². The summed E-state index contributed by atoms with van der Waals surface area (Å²) in [6.45, 7) is 0.491. The summed E-state index contributed by atoms with van der Waals surface area (Å²) in [6, 6.07) is 7.22. The standard InChI is InChI=1S/C13H10N2O3S/c16-12(15-6-7-5-9(15)13(17)18-7)11-14-8-3-1-2-4-10(8)19-11/h1-4,7,9H,5-6H2. The highest BCUT2D eigenvalue weighted by Gasteiger charge is 2.49. The second-order valence-electron chi connectivity index (χ2n) is 4.75. The first kappa shape index (κ1) is 10.9. The van der Waals surface area contributed by atoms with Gasteiger partial charge in [-0.3, -0.25) is 4.79 Å². The predicted octanol–water partition coefficient (Wildman–Crippen LogP) is 1.44. The second kappa shape index (κ2) is 3.77. The van der Waals surface area contributed by atoms with E-state index in [1.807, 2.05) is 24.3 Å². The van der Waals surface area contributed by atoms with Crippen LogP contribution in [-0.2, 0) is 9.53 Å². The number of thiazole rings is 1. The van der Waals surface area contributed by atoms with Gasteiger partial charge in [0, 0.05) is 6.42 Å². The molecule has 96 valence electrons. The maximum atomic E-state index is 12.4. The zero-order valence-electron chi connectivity index (χ0n) is 9.91. The molecule has 19 heavy (non-hydrogen) atoms. The Hall–Kier alpha value is -1.95. The summed E-state index contributed by atoms with van der Waals surface area (Å²) in [4.78, 5) is 29.9. The van der Waals surface area contributed by atoms with E-state index in [9.17, 15) is 9.59 Å². The van der Waals surface area contributed by atoms with Crippen molar-refractivity contribution in [3.63, 3.8) is 0 Å². The second-order valence-corrected chi connectivity index (χ2v) is 5.79. The molecular formula is C13H10N2O3S. The summed E-state index contributed by atoms with van der Waals surface area (Å²) in [6.07, 6.45) is 0.492. The largest absolute Gasteiger partial charge is 0.459 e. The van der Waals surface area contributed by atoms with E-state index in [1.54, 1.807) is 4.90 Å². The Bertz CT molecular complexity index is 663. The van der Waals surface area contributed by atoms with Gasteiger partial charge in [0.2, 0.25) is 0 Å². The van der Waals surface area contributed by atoms with Crippen LogP contribution < -0.4 is 0 Å². The number of benzene rings is 1. The number of hydrogen-bond acceptors (Lipinski definition) is 5. The van der Waals surface area contributed by atoms with Crippen molar-refractivity contribution in [2.75, 3.05) is 6.54 Å². The van der Waals surface area contributed by atoms with Gasteiger partial charge in [-0.25, -0.2) is 9.78 Å². The highest BCUT2D eigenvalue weighted by atomic mass is 32.1. The zero-order valence-corrected chi connectivity index (χ0v) is 10.7.